The van der Waals surface area contributed by atoms with Crippen LogP contribution in [0.3, 0.4) is 0 Å². The van der Waals surface area contributed by atoms with Gasteiger partial charge >= 0.3 is 0 Å². The summed E-state index contributed by atoms with van der Waals surface area (Å²) >= 11 is 0. The van der Waals surface area contributed by atoms with E-state index in [1.807, 2.05) is 18.2 Å². The van der Waals surface area contributed by atoms with Crippen LogP contribution >= 0.6 is 0 Å². The van der Waals surface area contributed by atoms with Crippen molar-refractivity contribution in [2.45, 2.75) is 12.2 Å². The van der Waals surface area contributed by atoms with Gasteiger partial charge in [0.2, 0.25) is 6.79 Å². The first kappa shape index (κ1) is 10.8. The van der Waals surface area contributed by atoms with Gasteiger partial charge < -0.3 is 24.4 Å². The fourth-order valence-electron chi connectivity index (χ4n) is 2.30. The van der Waals surface area contributed by atoms with Crippen molar-refractivity contribution in [3.8, 4) is 11.5 Å². The molecule has 2 heterocycles. The van der Waals surface area contributed by atoms with Gasteiger partial charge in [-0.25, -0.2) is 0 Å². The minimum absolute atomic E-state index is 0.0969. The highest BCUT2D eigenvalue weighted by Crippen LogP contribution is 2.39. The van der Waals surface area contributed by atoms with Crippen molar-refractivity contribution in [2.24, 2.45) is 5.92 Å². The van der Waals surface area contributed by atoms with E-state index in [4.69, 9.17) is 14.2 Å². The van der Waals surface area contributed by atoms with E-state index in [0.29, 0.717) is 11.5 Å². The molecule has 0 unspecified atom stereocenters. The molecule has 0 bridgehead atoms. The van der Waals surface area contributed by atoms with Crippen molar-refractivity contribution < 1.29 is 24.4 Å². The van der Waals surface area contributed by atoms with Crippen molar-refractivity contribution in [1.82, 2.24) is 0 Å². The van der Waals surface area contributed by atoms with Gasteiger partial charge in [0.1, 0.15) is 0 Å². The highest BCUT2D eigenvalue weighted by Gasteiger charge is 2.37. The number of benzene rings is 1. The van der Waals surface area contributed by atoms with Crippen LogP contribution in [0.15, 0.2) is 18.2 Å². The van der Waals surface area contributed by atoms with Crippen LogP contribution in [0.1, 0.15) is 11.7 Å². The zero-order valence-electron chi connectivity index (χ0n) is 9.20. The quantitative estimate of drug-likeness (QED) is 0.783. The van der Waals surface area contributed by atoms with E-state index in [2.05, 4.69) is 0 Å². The first-order valence-corrected chi connectivity index (χ1v) is 5.59. The summed E-state index contributed by atoms with van der Waals surface area (Å²) in [6.45, 7) is 0.390. The Labute approximate surface area is 98.5 Å². The summed E-state index contributed by atoms with van der Waals surface area (Å²) in [4.78, 5) is 0. The molecular weight excluding hydrogens is 224 g/mol. The molecule has 1 aromatic rings. The lowest BCUT2D eigenvalue weighted by molar-refractivity contribution is 0.0703. The minimum Gasteiger partial charge on any atom is -0.454 e. The van der Waals surface area contributed by atoms with Gasteiger partial charge in [-0.2, -0.15) is 0 Å². The van der Waals surface area contributed by atoms with E-state index in [1.165, 1.54) is 0 Å². The van der Waals surface area contributed by atoms with E-state index < -0.39 is 6.10 Å². The number of ether oxygens (including phenoxy) is 3. The summed E-state index contributed by atoms with van der Waals surface area (Å²) in [7, 11) is 0. The van der Waals surface area contributed by atoms with Crippen molar-refractivity contribution in [3.05, 3.63) is 23.8 Å². The minimum atomic E-state index is -0.615. The molecule has 0 amide bonds. The molecule has 1 fully saturated rings. The molecule has 2 aliphatic heterocycles. The number of aliphatic hydroxyl groups is 2. The van der Waals surface area contributed by atoms with Gasteiger partial charge in [-0.05, 0) is 17.7 Å². The van der Waals surface area contributed by atoms with E-state index in [9.17, 15) is 10.2 Å². The maximum absolute atomic E-state index is 9.67. The lowest BCUT2D eigenvalue weighted by atomic mass is 9.94. The van der Waals surface area contributed by atoms with Crippen LogP contribution in [0.25, 0.3) is 0 Å². The van der Waals surface area contributed by atoms with Gasteiger partial charge in [0, 0.05) is 5.92 Å². The van der Waals surface area contributed by atoms with Gasteiger partial charge in [0.15, 0.2) is 11.5 Å². The van der Waals surface area contributed by atoms with Crippen molar-refractivity contribution in [3.63, 3.8) is 0 Å². The molecule has 0 aliphatic carbocycles. The number of fused-ring (bicyclic) bond motifs is 1. The van der Waals surface area contributed by atoms with Gasteiger partial charge in [-0.1, -0.05) is 6.07 Å². The first-order chi connectivity index (χ1) is 8.29. The van der Waals surface area contributed by atoms with Crippen LogP contribution in [0.2, 0.25) is 0 Å². The standard InChI is InChI=1S/C12H14O5/c13-4-8-9(14)5-15-12(8)7-1-2-10-11(3-7)17-6-16-10/h1-3,8-9,12-14H,4-6H2/t8-,9-,12+/m0/s1. The molecule has 2 N–H and O–H groups in total. The van der Waals surface area contributed by atoms with Crippen LogP contribution in [-0.2, 0) is 4.74 Å². The number of aliphatic hydroxyl groups excluding tert-OH is 2. The van der Waals surface area contributed by atoms with Crippen LogP contribution < -0.4 is 9.47 Å². The van der Waals surface area contributed by atoms with Crippen LogP contribution in [0.5, 0.6) is 11.5 Å². The molecule has 1 aromatic carbocycles. The summed E-state index contributed by atoms with van der Waals surface area (Å²) in [6, 6.07) is 5.53. The summed E-state index contributed by atoms with van der Waals surface area (Å²) in [5, 5.41) is 18.9. The molecule has 5 heteroatoms. The Kier molecular flexibility index (Phi) is 2.66. The van der Waals surface area contributed by atoms with Crippen molar-refractivity contribution in [2.75, 3.05) is 20.0 Å². The smallest absolute Gasteiger partial charge is 0.231 e. The van der Waals surface area contributed by atoms with E-state index in [-0.39, 0.29) is 32.0 Å². The Bertz CT molecular complexity index is 419. The number of rotatable bonds is 2. The lowest BCUT2D eigenvalue weighted by Crippen LogP contribution is -2.23. The molecule has 92 valence electrons. The van der Waals surface area contributed by atoms with Gasteiger partial charge in [-0.3, -0.25) is 0 Å². The SMILES string of the molecule is OC[C@@H]1[C@@H](c2ccc3c(c2)OCO3)OC[C@@H]1O. The Morgan fingerprint density at radius 3 is 2.88 bits per heavy atom. The zero-order chi connectivity index (χ0) is 11.8. The topological polar surface area (TPSA) is 68.2 Å². The molecule has 3 rings (SSSR count). The van der Waals surface area contributed by atoms with Crippen molar-refractivity contribution >= 4 is 0 Å². The Balaban J connectivity index is 1.89. The second-order valence-electron chi connectivity index (χ2n) is 4.28. The highest BCUT2D eigenvalue weighted by atomic mass is 16.7. The molecule has 3 atom stereocenters. The number of hydrogen-bond acceptors (Lipinski definition) is 5. The summed E-state index contributed by atoms with van der Waals surface area (Å²) < 4.78 is 16.0. The third-order valence-corrected chi connectivity index (χ3v) is 3.27. The summed E-state index contributed by atoms with van der Waals surface area (Å²) in [5.41, 5.74) is 0.893. The average Bonchev–Trinajstić information content (AvgIpc) is 2.93. The van der Waals surface area contributed by atoms with Crippen molar-refractivity contribution in [1.29, 1.82) is 0 Å². The molecule has 0 saturated carbocycles. The van der Waals surface area contributed by atoms with E-state index in [0.717, 1.165) is 5.56 Å². The van der Waals surface area contributed by atoms with Crippen LogP contribution in [0.4, 0.5) is 0 Å². The maximum atomic E-state index is 9.67. The average molecular weight is 238 g/mol. The molecule has 0 aromatic heterocycles. The fraction of sp³-hybridized carbons (Fsp3) is 0.500. The molecule has 0 radical (unpaired) electrons. The number of hydrogen-bond donors (Lipinski definition) is 2. The molecule has 0 spiro atoms. The zero-order valence-corrected chi connectivity index (χ0v) is 9.20. The van der Waals surface area contributed by atoms with E-state index in [1.54, 1.807) is 0 Å². The predicted molar refractivity (Wildman–Crippen MR) is 57.8 cm³/mol. The Hall–Kier alpha value is -1.30. The molecule has 1 saturated heterocycles. The van der Waals surface area contributed by atoms with E-state index >= 15 is 0 Å². The fourth-order valence-corrected chi connectivity index (χ4v) is 2.30. The van der Waals surface area contributed by atoms with Crippen LogP contribution in [0, 0.1) is 5.92 Å². The largest absolute Gasteiger partial charge is 0.454 e. The highest BCUT2D eigenvalue weighted by molar-refractivity contribution is 5.45. The third kappa shape index (κ3) is 1.76. The normalized spacial score (nSPS) is 30.8. The molecule has 2 aliphatic rings. The monoisotopic (exact) mass is 238 g/mol. The van der Waals surface area contributed by atoms with Crippen LogP contribution in [-0.4, -0.2) is 36.3 Å². The summed E-state index contributed by atoms with van der Waals surface area (Å²) in [6.07, 6.45) is -0.903. The second-order valence-corrected chi connectivity index (χ2v) is 4.28. The Morgan fingerprint density at radius 2 is 2.06 bits per heavy atom. The third-order valence-electron chi connectivity index (χ3n) is 3.27. The molecular formula is C12H14O5. The molecule has 17 heavy (non-hydrogen) atoms. The predicted octanol–water partition coefficient (Wildman–Crippen LogP) is 0.456. The first-order valence-electron chi connectivity index (χ1n) is 5.59. The maximum Gasteiger partial charge on any atom is 0.231 e. The second kappa shape index (κ2) is 4.18. The lowest BCUT2D eigenvalue weighted by Gasteiger charge is -2.18. The van der Waals surface area contributed by atoms with Gasteiger partial charge in [0.05, 0.1) is 25.4 Å². The summed E-state index contributed by atoms with van der Waals surface area (Å²) in [5.74, 6) is 1.12. The molecule has 5 nitrogen and oxygen atoms in total. The van der Waals surface area contributed by atoms with Gasteiger partial charge in [0.25, 0.3) is 0 Å². The Morgan fingerprint density at radius 1 is 1.24 bits per heavy atom. The van der Waals surface area contributed by atoms with Gasteiger partial charge in [-0.15, -0.1) is 0 Å².